The zero-order chi connectivity index (χ0) is 10.7. The van der Waals surface area contributed by atoms with Crippen LogP contribution < -0.4 is 5.73 Å². The van der Waals surface area contributed by atoms with E-state index in [0.29, 0.717) is 13.2 Å². The molecule has 0 aliphatic carbocycles. The molecule has 15 heavy (non-hydrogen) atoms. The molecule has 4 nitrogen and oxygen atoms in total. The molecule has 0 spiro atoms. The minimum Gasteiger partial charge on any atom is -0.448 e. The third-order valence-electron chi connectivity index (χ3n) is 2.92. The molecule has 1 unspecified atom stereocenters. The second-order valence-corrected chi connectivity index (χ2v) is 4.40. The lowest BCUT2D eigenvalue weighted by atomic mass is 9.90. The van der Waals surface area contributed by atoms with Crippen molar-refractivity contribution in [3.8, 4) is 0 Å². The third-order valence-corrected chi connectivity index (χ3v) is 2.92. The zero-order valence-corrected chi connectivity index (χ0v) is 9.16. The van der Waals surface area contributed by atoms with Crippen molar-refractivity contribution in [2.75, 3.05) is 19.8 Å². The van der Waals surface area contributed by atoms with Gasteiger partial charge in [-0.3, -0.25) is 0 Å². The number of aromatic nitrogens is 1. The van der Waals surface area contributed by atoms with Gasteiger partial charge in [-0.15, -0.1) is 0 Å². The van der Waals surface area contributed by atoms with E-state index < -0.39 is 0 Å². The maximum atomic E-state index is 5.52. The van der Waals surface area contributed by atoms with Crippen LogP contribution in [0.4, 0.5) is 0 Å². The Morgan fingerprint density at radius 3 is 3.13 bits per heavy atom. The van der Waals surface area contributed by atoms with Gasteiger partial charge in [0, 0.05) is 6.61 Å². The van der Waals surface area contributed by atoms with Gasteiger partial charge in [-0.25, -0.2) is 4.98 Å². The number of aryl methyl sites for hydroxylation is 1. The van der Waals surface area contributed by atoms with Crippen LogP contribution in [0, 0.1) is 0 Å². The largest absolute Gasteiger partial charge is 0.448 e. The Labute approximate surface area is 89.8 Å². The fourth-order valence-electron chi connectivity index (χ4n) is 1.82. The summed E-state index contributed by atoms with van der Waals surface area (Å²) in [5, 5.41) is 0. The quantitative estimate of drug-likeness (QED) is 0.812. The SMILES string of the molecule is CC1(c2nc(CCCN)co2)CCOC1. The zero-order valence-electron chi connectivity index (χ0n) is 9.16. The van der Waals surface area contributed by atoms with Gasteiger partial charge in [0.15, 0.2) is 0 Å². The van der Waals surface area contributed by atoms with E-state index >= 15 is 0 Å². The number of nitrogens with zero attached hydrogens (tertiary/aromatic N) is 1. The van der Waals surface area contributed by atoms with Gasteiger partial charge in [0.25, 0.3) is 0 Å². The highest BCUT2D eigenvalue weighted by Crippen LogP contribution is 2.31. The Morgan fingerprint density at radius 2 is 2.47 bits per heavy atom. The molecule has 2 rings (SSSR count). The van der Waals surface area contributed by atoms with Crippen molar-refractivity contribution in [1.82, 2.24) is 4.98 Å². The topological polar surface area (TPSA) is 61.3 Å². The number of nitrogens with two attached hydrogens (primary N) is 1. The Kier molecular flexibility index (Phi) is 3.07. The summed E-state index contributed by atoms with van der Waals surface area (Å²) in [6.07, 6.45) is 4.59. The lowest BCUT2D eigenvalue weighted by Crippen LogP contribution is -2.22. The van der Waals surface area contributed by atoms with Crippen LogP contribution in [0.1, 0.15) is 31.4 Å². The van der Waals surface area contributed by atoms with Crippen molar-refractivity contribution in [2.24, 2.45) is 5.73 Å². The minimum atomic E-state index is -0.0268. The summed E-state index contributed by atoms with van der Waals surface area (Å²) in [4.78, 5) is 4.50. The fourth-order valence-corrected chi connectivity index (χ4v) is 1.82. The Balaban J connectivity index is 2.05. The normalized spacial score (nSPS) is 26.0. The molecule has 84 valence electrons. The number of oxazole rings is 1. The fraction of sp³-hybridized carbons (Fsp3) is 0.727. The highest BCUT2D eigenvalue weighted by atomic mass is 16.5. The van der Waals surface area contributed by atoms with Crippen molar-refractivity contribution < 1.29 is 9.15 Å². The van der Waals surface area contributed by atoms with Gasteiger partial charge in [0.05, 0.1) is 17.7 Å². The maximum absolute atomic E-state index is 5.52. The Bertz CT molecular complexity index is 316. The molecule has 2 heterocycles. The van der Waals surface area contributed by atoms with Crippen molar-refractivity contribution in [3.05, 3.63) is 17.8 Å². The maximum Gasteiger partial charge on any atom is 0.202 e. The standard InChI is InChI=1S/C11H18N2O2/c1-11(4-6-14-8-11)10-13-9(7-15-10)3-2-5-12/h7H,2-6,8,12H2,1H3. The molecule has 0 amide bonds. The molecule has 1 aliphatic rings. The molecule has 0 bridgehead atoms. The molecule has 1 aliphatic heterocycles. The molecule has 0 aromatic carbocycles. The van der Waals surface area contributed by atoms with Crippen LogP contribution in [0.15, 0.2) is 10.7 Å². The van der Waals surface area contributed by atoms with Gasteiger partial charge in [-0.1, -0.05) is 0 Å². The van der Waals surface area contributed by atoms with Crippen molar-refractivity contribution in [2.45, 2.75) is 31.6 Å². The number of hydrogen-bond acceptors (Lipinski definition) is 4. The molecule has 0 radical (unpaired) electrons. The Hall–Kier alpha value is -0.870. The minimum absolute atomic E-state index is 0.0268. The molecular weight excluding hydrogens is 192 g/mol. The van der Waals surface area contributed by atoms with Gasteiger partial charge in [0.1, 0.15) is 6.26 Å². The van der Waals surface area contributed by atoms with Crippen LogP contribution in [0.5, 0.6) is 0 Å². The number of hydrogen-bond donors (Lipinski definition) is 1. The van der Waals surface area contributed by atoms with E-state index in [-0.39, 0.29) is 5.41 Å². The first kappa shape index (κ1) is 10.6. The summed E-state index contributed by atoms with van der Waals surface area (Å²) in [7, 11) is 0. The van der Waals surface area contributed by atoms with E-state index in [1.165, 1.54) is 0 Å². The smallest absolute Gasteiger partial charge is 0.202 e. The van der Waals surface area contributed by atoms with Crippen molar-refractivity contribution in [3.63, 3.8) is 0 Å². The molecular formula is C11H18N2O2. The lowest BCUT2D eigenvalue weighted by Gasteiger charge is -2.15. The first-order valence-corrected chi connectivity index (χ1v) is 5.47. The number of rotatable bonds is 4. The first-order valence-electron chi connectivity index (χ1n) is 5.47. The number of ether oxygens (including phenoxy) is 1. The van der Waals surface area contributed by atoms with Crippen LogP contribution in [0.2, 0.25) is 0 Å². The van der Waals surface area contributed by atoms with Gasteiger partial charge >= 0.3 is 0 Å². The van der Waals surface area contributed by atoms with E-state index in [1.807, 2.05) is 0 Å². The van der Waals surface area contributed by atoms with Crippen LogP contribution in [-0.2, 0) is 16.6 Å². The first-order chi connectivity index (χ1) is 7.24. The molecule has 1 aromatic heterocycles. The van der Waals surface area contributed by atoms with E-state index in [2.05, 4.69) is 11.9 Å². The second kappa shape index (κ2) is 4.33. The van der Waals surface area contributed by atoms with Gasteiger partial charge < -0.3 is 14.9 Å². The highest BCUT2D eigenvalue weighted by molar-refractivity contribution is 5.09. The van der Waals surface area contributed by atoms with Gasteiger partial charge in [-0.05, 0) is 32.7 Å². The summed E-state index contributed by atoms with van der Waals surface area (Å²) in [5.41, 5.74) is 6.43. The average molecular weight is 210 g/mol. The van der Waals surface area contributed by atoms with Crippen LogP contribution in [0.25, 0.3) is 0 Å². The molecule has 1 atom stereocenters. The van der Waals surface area contributed by atoms with Crippen LogP contribution in [0.3, 0.4) is 0 Å². The summed E-state index contributed by atoms with van der Waals surface area (Å²) in [6, 6.07) is 0. The van der Waals surface area contributed by atoms with E-state index in [0.717, 1.165) is 37.5 Å². The van der Waals surface area contributed by atoms with E-state index in [9.17, 15) is 0 Å². The van der Waals surface area contributed by atoms with Crippen molar-refractivity contribution >= 4 is 0 Å². The highest BCUT2D eigenvalue weighted by Gasteiger charge is 2.36. The van der Waals surface area contributed by atoms with E-state index in [4.69, 9.17) is 14.9 Å². The third kappa shape index (κ3) is 2.21. The van der Waals surface area contributed by atoms with Gasteiger partial charge in [-0.2, -0.15) is 0 Å². The Morgan fingerprint density at radius 1 is 1.60 bits per heavy atom. The predicted molar refractivity (Wildman–Crippen MR) is 56.7 cm³/mol. The molecule has 4 heteroatoms. The van der Waals surface area contributed by atoms with Crippen LogP contribution in [-0.4, -0.2) is 24.7 Å². The summed E-state index contributed by atoms with van der Waals surface area (Å²) < 4.78 is 10.9. The summed E-state index contributed by atoms with van der Waals surface area (Å²) in [5.74, 6) is 0.812. The van der Waals surface area contributed by atoms with Crippen LogP contribution >= 0.6 is 0 Å². The molecule has 2 N–H and O–H groups in total. The van der Waals surface area contributed by atoms with E-state index in [1.54, 1.807) is 6.26 Å². The predicted octanol–water partition coefficient (Wildman–Crippen LogP) is 1.24. The monoisotopic (exact) mass is 210 g/mol. The molecule has 1 aromatic rings. The summed E-state index contributed by atoms with van der Waals surface area (Å²) >= 11 is 0. The average Bonchev–Trinajstić information content (AvgIpc) is 2.84. The molecule has 1 saturated heterocycles. The van der Waals surface area contributed by atoms with Gasteiger partial charge in [0.2, 0.25) is 5.89 Å². The second-order valence-electron chi connectivity index (χ2n) is 4.40. The molecule has 1 fully saturated rings. The molecule has 0 saturated carbocycles. The summed E-state index contributed by atoms with van der Waals surface area (Å²) in [6.45, 7) is 4.35. The van der Waals surface area contributed by atoms with Crippen molar-refractivity contribution in [1.29, 1.82) is 0 Å². The lowest BCUT2D eigenvalue weighted by molar-refractivity contribution is 0.173.